The van der Waals surface area contributed by atoms with Gasteiger partial charge in [-0.2, -0.15) is 0 Å². The highest BCUT2D eigenvalue weighted by atomic mass is 16.5. The molecule has 110 valence electrons. The number of nitrogens with one attached hydrogen (secondary N) is 3. The molecule has 3 N–H and O–H groups in total. The van der Waals surface area contributed by atoms with E-state index in [1.807, 2.05) is 0 Å². The molecule has 1 saturated carbocycles. The highest BCUT2D eigenvalue weighted by molar-refractivity contribution is 5.92. The van der Waals surface area contributed by atoms with Crippen molar-refractivity contribution in [2.24, 2.45) is 0 Å². The van der Waals surface area contributed by atoms with E-state index >= 15 is 0 Å². The lowest BCUT2D eigenvalue weighted by atomic mass is 10.3. The van der Waals surface area contributed by atoms with Crippen molar-refractivity contribution in [3.05, 3.63) is 24.1 Å². The number of rotatable bonds is 2. The van der Waals surface area contributed by atoms with Crippen molar-refractivity contribution in [3.63, 3.8) is 0 Å². The maximum Gasteiger partial charge on any atom is 0.425 e. The number of oxazole rings is 1. The molecule has 0 unspecified atom stereocenters. The first-order valence-corrected chi connectivity index (χ1v) is 6.47. The fourth-order valence-corrected chi connectivity index (χ4v) is 1.85. The minimum absolute atomic E-state index is 0.432. The number of hydrazine groups is 1. The lowest BCUT2D eigenvalue weighted by Gasteiger charge is -2.07. The van der Waals surface area contributed by atoms with Crippen LogP contribution >= 0.6 is 0 Å². The zero-order chi connectivity index (χ0) is 14.8. The van der Waals surface area contributed by atoms with E-state index in [0.717, 1.165) is 18.7 Å². The van der Waals surface area contributed by atoms with Crippen LogP contribution in [0.3, 0.4) is 0 Å². The van der Waals surface area contributed by atoms with Crippen LogP contribution in [-0.4, -0.2) is 24.2 Å². The molecule has 0 atom stereocenters. The number of nitrogens with zero attached hydrogens (tertiary/aromatic N) is 1. The Hall–Kier alpha value is -2.77. The summed E-state index contributed by atoms with van der Waals surface area (Å²) in [5, 5.41) is 2.57. The molecule has 1 fully saturated rings. The molecule has 8 heteroatoms. The van der Waals surface area contributed by atoms with Gasteiger partial charge < -0.3 is 14.5 Å². The molecule has 0 spiro atoms. The predicted octanol–water partition coefficient (Wildman–Crippen LogP) is 2.10. The van der Waals surface area contributed by atoms with Gasteiger partial charge in [-0.3, -0.25) is 0 Å². The summed E-state index contributed by atoms with van der Waals surface area (Å²) in [5.74, 6) is 1.18. The third-order valence-electron chi connectivity index (χ3n) is 3.05. The normalized spacial score (nSPS) is 13.8. The lowest BCUT2D eigenvalue weighted by Crippen LogP contribution is -2.43. The highest BCUT2D eigenvalue weighted by Crippen LogP contribution is 2.40. The van der Waals surface area contributed by atoms with Gasteiger partial charge in [0, 0.05) is 11.6 Å². The number of amides is 3. The van der Waals surface area contributed by atoms with Crippen LogP contribution in [0.25, 0.3) is 11.1 Å². The molecule has 0 saturated heterocycles. The Kier molecular flexibility index (Phi) is 3.35. The average Bonchev–Trinajstić information content (AvgIpc) is 3.24. The maximum absolute atomic E-state index is 11.6. The van der Waals surface area contributed by atoms with Crippen molar-refractivity contribution < 1.29 is 18.7 Å². The summed E-state index contributed by atoms with van der Waals surface area (Å²) in [5.41, 5.74) is 6.13. The Balaban J connectivity index is 1.66. The van der Waals surface area contributed by atoms with Crippen LogP contribution in [0, 0.1) is 0 Å². The number of fused-ring (bicyclic) bond motifs is 1. The predicted molar refractivity (Wildman–Crippen MR) is 73.7 cm³/mol. The standard InChI is InChI=1S/C13H14N4O4/c1-20-13(19)17-16-12(18)14-8-4-5-10-9(6-8)15-11(21-10)7-2-3-7/h4-7H,2-3H2,1H3,(H,17,19)(H2,14,16,18). The third kappa shape index (κ3) is 3.04. The fourth-order valence-electron chi connectivity index (χ4n) is 1.85. The smallest absolute Gasteiger partial charge is 0.425 e. The molecule has 3 amide bonds. The monoisotopic (exact) mass is 290 g/mol. The molecule has 2 aromatic rings. The molecular weight excluding hydrogens is 276 g/mol. The van der Waals surface area contributed by atoms with Gasteiger partial charge in [0.2, 0.25) is 0 Å². The fraction of sp³-hybridized carbons (Fsp3) is 0.308. The van der Waals surface area contributed by atoms with Crippen LogP contribution in [0.4, 0.5) is 15.3 Å². The highest BCUT2D eigenvalue weighted by Gasteiger charge is 2.28. The summed E-state index contributed by atoms with van der Waals surface area (Å²) in [6, 6.07) is 4.56. The topological polar surface area (TPSA) is 105 Å². The Morgan fingerprint density at radius 3 is 2.86 bits per heavy atom. The van der Waals surface area contributed by atoms with E-state index in [1.54, 1.807) is 18.2 Å². The second-order valence-electron chi connectivity index (χ2n) is 4.70. The number of benzene rings is 1. The summed E-state index contributed by atoms with van der Waals surface area (Å²) in [7, 11) is 1.20. The summed E-state index contributed by atoms with van der Waals surface area (Å²) in [6.07, 6.45) is 1.46. The molecule has 0 bridgehead atoms. The number of hydrogen-bond acceptors (Lipinski definition) is 5. The van der Waals surface area contributed by atoms with Crippen LogP contribution in [0.5, 0.6) is 0 Å². The molecule has 0 radical (unpaired) electrons. The number of hydrogen-bond donors (Lipinski definition) is 3. The van der Waals surface area contributed by atoms with Crippen molar-refractivity contribution in [1.82, 2.24) is 15.8 Å². The summed E-state index contributed by atoms with van der Waals surface area (Å²) < 4.78 is 9.96. The van der Waals surface area contributed by atoms with Gasteiger partial charge in [-0.25, -0.2) is 25.4 Å². The quantitative estimate of drug-likeness (QED) is 0.734. The number of methoxy groups -OCH3 is 1. The van der Waals surface area contributed by atoms with Crippen molar-refractivity contribution >= 4 is 28.9 Å². The number of anilines is 1. The Morgan fingerprint density at radius 1 is 1.33 bits per heavy atom. The van der Waals surface area contributed by atoms with Crippen molar-refractivity contribution in [2.75, 3.05) is 12.4 Å². The minimum atomic E-state index is -0.758. The molecule has 1 aromatic heterocycles. The van der Waals surface area contributed by atoms with Crippen LogP contribution in [-0.2, 0) is 4.74 Å². The molecule has 0 aliphatic heterocycles. The van der Waals surface area contributed by atoms with E-state index in [-0.39, 0.29) is 0 Å². The zero-order valence-corrected chi connectivity index (χ0v) is 11.3. The van der Waals surface area contributed by atoms with Crippen molar-refractivity contribution in [3.8, 4) is 0 Å². The minimum Gasteiger partial charge on any atom is -0.452 e. The van der Waals surface area contributed by atoms with Crippen molar-refractivity contribution in [1.29, 1.82) is 0 Å². The van der Waals surface area contributed by atoms with Crippen LogP contribution < -0.4 is 16.2 Å². The third-order valence-corrected chi connectivity index (χ3v) is 3.05. The maximum atomic E-state index is 11.6. The number of carbonyl (C=O) groups excluding carboxylic acids is 2. The van der Waals surface area contributed by atoms with Gasteiger partial charge in [0.15, 0.2) is 11.5 Å². The number of urea groups is 1. The van der Waals surface area contributed by atoms with Crippen molar-refractivity contribution in [2.45, 2.75) is 18.8 Å². The van der Waals surface area contributed by atoms with Crippen LogP contribution in [0.2, 0.25) is 0 Å². The second kappa shape index (κ2) is 5.31. The molecule has 1 aromatic carbocycles. The molecule has 21 heavy (non-hydrogen) atoms. The molecule has 8 nitrogen and oxygen atoms in total. The Morgan fingerprint density at radius 2 is 2.14 bits per heavy atom. The number of aromatic nitrogens is 1. The van der Waals surface area contributed by atoms with Gasteiger partial charge in [0.25, 0.3) is 0 Å². The largest absolute Gasteiger partial charge is 0.452 e. The van der Waals surface area contributed by atoms with Crippen LogP contribution in [0.1, 0.15) is 24.7 Å². The van der Waals surface area contributed by atoms with Gasteiger partial charge in [0.1, 0.15) is 5.52 Å². The Bertz CT molecular complexity index is 693. The van der Waals surface area contributed by atoms with Gasteiger partial charge in [0.05, 0.1) is 7.11 Å². The molecular formula is C13H14N4O4. The number of carbonyl (C=O) groups is 2. The summed E-state index contributed by atoms with van der Waals surface area (Å²) >= 11 is 0. The number of ether oxygens (including phenoxy) is 1. The molecule has 1 aliphatic carbocycles. The molecule has 1 heterocycles. The lowest BCUT2D eigenvalue weighted by molar-refractivity contribution is 0.166. The van der Waals surface area contributed by atoms with Gasteiger partial charge in [-0.15, -0.1) is 0 Å². The van der Waals surface area contributed by atoms with E-state index in [0.29, 0.717) is 22.7 Å². The van der Waals surface area contributed by atoms with E-state index in [1.165, 1.54) is 7.11 Å². The van der Waals surface area contributed by atoms with Gasteiger partial charge in [-0.05, 0) is 31.0 Å². The first-order chi connectivity index (χ1) is 10.2. The first-order valence-electron chi connectivity index (χ1n) is 6.47. The Labute approximate surface area is 119 Å². The molecule has 1 aliphatic rings. The van der Waals surface area contributed by atoms with E-state index in [4.69, 9.17) is 4.42 Å². The SMILES string of the molecule is COC(=O)NNC(=O)Nc1ccc2oc(C3CC3)nc2c1. The van der Waals surface area contributed by atoms with E-state index in [2.05, 4.69) is 25.9 Å². The first kappa shape index (κ1) is 13.2. The average molecular weight is 290 g/mol. The summed E-state index contributed by atoms with van der Waals surface area (Å²) in [4.78, 5) is 26.8. The molecule has 3 rings (SSSR count). The second-order valence-corrected chi connectivity index (χ2v) is 4.70. The van der Waals surface area contributed by atoms with E-state index in [9.17, 15) is 9.59 Å². The zero-order valence-electron chi connectivity index (χ0n) is 11.3. The van der Waals surface area contributed by atoms with Gasteiger partial charge >= 0.3 is 12.1 Å². The van der Waals surface area contributed by atoms with Gasteiger partial charge in [-0.1, -0.05) is 0 Å². The van der Waals surface area contributed by atoms with E-state index < -0.39 is 12.1 Å². The van der Waals surface area contributed by atoms with Crippen LogP contribution in [0.15, 0.2) is 22.6 Å². The summed E-state index contributed by atoms with van der Waals surface area (Å²) in [6.45, 7) is 0.